The van der Waals surface area contributed by atoms with Gasteiger partial charge in [-0.25, -0.2) is 4.79 Å². The Labute approximate surface area is 82.4 Å². The number of alkyl halides is 1. The molecule has 0 saturated carbocycles. The van der Waals surface area contributed by atoms with Crippen LogP contribution >= 0.6 is 11.6 Å². The minimum absolute atomic E-state index is 0.0190. The van der Waals surface area contributed by atoms with Crippen LogP contribution < -0.4 is 0 Å². The number of carbonyl (C=O) groups is 2. The lowest BCUT2D eigenvalue weighted by Crippen LogP contribution is -2.56. The van der Waals surface area contributed by atoms with E-state index in [1.54, 1.807) is 0 Å². The minimum atomic E-state index is -0.504. The zero-order chi connectivity index (χ0) is 10.2. The summed E-state index contributed by atoms with van der Waals surface area (Å²) in [5.74, 6) is -0.220. The predicted octanol–water partition coefficient (Wildman–Crippen LogP) is 1.24. The summed E-state index contributed by atoms with van der Waals surface area (Å²) in [6.45, 7) is 3.74. The van der Waals surface area contributed by atoms with E-state index < -0.39 is 5.50 Å². The van der Waals surface area contributed by atoms with Crippen LogP contribution in [0.2, 0.25) is 0 Å². The molecule has 74 valence electrons. The van der Waals surface area contributed by atoms with Gasteiger partial charge in [-0.2, -0.15) is 0 Å². The molecule has 1 atom stereocenters. The molecule has 1 aliphatic heterocycles. The van der Waals surface area contributed by atoms with Gasteiger partial charge >= 0.3 is 6.03 Å². The molecule has 3 amide bonds. The van der Waals surface area contributed by atoms with Gasteiger partial charge in [-0.05, 0) is 13.8 Å². The summed E-state index contributed by atoms with van der Waals surface area (Å²) >= 11 is 5.89. The molecule has 0 N–H and O–H groups in total. The number of urea groups is 1. The van der Waals surface area contributed by atoms with Crippen molar-refractivity contribution >= 4 is 23.5 Å². The average molecular weight is 205 g/mol. The lowest BCUT2D eigenvalue weighted by atomic mass is 10.2. The van der Waals surface area contributed by atoms with E-state index in [0.717, 1.165) is 4.90 Å². The Morgan fingerprint density at radius 2 is 2.00 bits per heavy atom. The molecule has 1 aliphatic rings. The summed E-state index contributed by atoms with van der Waals surface area (Å²) in [5, 5.41) is 0. The Morgan fingerprint density at radius 3 is 2.46 bits per heavy atom. The van der Waals surface area contributed by atoms with Crippen molar-refractivity contribution in [2.75, 3.05) is 7.05 Å². The second-order valence-corrected chi connectivity index (χ2v) is 3.88. The first-order valence-corrected chi connectivity index (χ1v) is 4.61. The van der Waals surface area contributed by atoms with Crippen LogP contribution in [0.3, 0.4) is 0 Å². The van der Waals surface area contributed by atoms with Gasteiger partial charge in [0, 0.05) is 13.1 Å². The fraction of sp³-hybridized carbons (Fsp3) is 0.750. The third-order valence-electron chi connectivity index (χ3n) is 2.08. The summed E-state index contributed by atoms with van der Waals surface area (Å²) in [4.78, 5) is 25.3. The van der Waals surface area contributed by atoms with Gasteiger partial charge in [0.25, 0.3) is 0 Å². The topological polar surface area (TPSA) is 40.6 Å². The molecule has 0 aromatic carbocycles. The van der Waals surface area contributed by atoms with E-state index in [9.17, 15) is 9.59 Å². The number of rotatable bonds is 1. The van der Waals surface area contributed by atoms with Crippen molar-refractivity contribution in [2.24, 2.45) is 0 Å². The Kier molecular flexibility index (Phi) is 2.81. The van der Waals surface area contributed by atoms with Gasteiger partial charge in [-0.1, -0.05) is 11.6 Å². The summed E-state index contributed by atoms with van der Waals surface area (Å²) in [6, 6.07) is -0.295. The van der Waals surface area contributed by atoms with Crippen molar-refractivity contribution in [1.29, 1.82) is 0 Å². The van der Waals surface area contributed by atoms with Gasteiger partial charge in [0.2, 0.25) is 5.91 Å². The van der Waals surface area contributed by atoms with Crippen molar-refractivity contribution in [3.05, 3.63) is 0 Å². The van der Waals surface area contributed by atoms with E-state index in [2.05, 4.69) is 0 Å². The number of halogens is 1. The van der Waals surface area contributed by atoms with Gasteiger partial charge in [-0.15, -0.1) is 0 Å². The number of amides is 3. The van der Waals surface area contributed by atoms with E-state index in [0.29, 0.717) is 0 Å². The lowest BCUT2D eigenvalue weighted by molar-refractivity contribution is -0.130. The highest BCUT2D eigenvalue weighted by Gasteiger charge is 2.36. The third kappa shape index (κ3) is 1.77. The van der Waals surface area contributed by atoms with Gasteiger partial charge < -0.3 is 4.90 Å². The molecule has 0 radical (unpaired) electrons. The molecule has 1 rings (SSSR count). The first-order valence-electron chi connectivity index (χ1n) is 4.18. The van der Waals surface area contributed by atoms with E-state index >= 15 is 0 Å². The monoisotopic (exact) mass is 204 g/mol. The molecule has 1 unspecified atom stereocenters. The van der Waals surface area contributed by atoms with Gasteiger partial charge in [0.1, 0.15) is 5.50 Å². The fourth-order valence-electron chi connectivity index (χ4n) is 1.32. The molecule has 0 bridgehead atoms. The number of carbonyl (C=O) groups excluding carboxylic acids is 2. The predicted molar refractivity (Wildman–Crippen MR) is 49.4 cm³/mol. The molecule has 1 heterocycles. The van der Waals surface area contributed by atoms with E-state index in [4.69, 9.17) is 11.6 Å². The largest absolute Gasteiger partial charge is 0.327 e. The zero-order valence-electron chi connectivity index (χ0n) is 7.95. The van der Waals surface area contributed by atoms with Crippen LogP contribution in [0.4, 0.5) is 4.79 Å². The molecule has 0 spiro atoms. The zero-order valence-corrected chi connectivity index (χ0v) is 8.71. The van der Waals surface area contributed by atoms with Gasteiger partial charge in [0.05, 0.1) is 6.42 Å². The molecule has 13 heavy (non-hydrogen) atoms. The highest BCUT2D eigenvalue weighted by molar-refractivity contribution is 6.23. The third-order valence-corrected chi connectivity index (χ3v) is 2.45. The smallest absolute Gasteiger partial charge is 0.305 e. The second-order valence-electron chi connectivity index (χ2n) is 3.37. The number of nitrogens with zero attached hydrogens (tertiary/aromatic N) is 2. The standard InChI is InChI=1S/C8H13ClN2O2/c1-5(2)11-6(9)4-7(12)10(3)8(11)13/h5-6H,4H2,1-3H3. The molecular formula is C8H13ClN2O2. The van der Waals surface area contributed by atoms with E-state index in [1.165, 1.54) is 11.9 Å². The summed E-state index contributed by atoms with van der Waals surface area (Å²) < 4.78 is 0. The number of hydrogen-bond acceptors (Lipinski definition) is 2. The Bertz CT molecular complexity index is 242. The Hall–Kier alpha value is -0.770. The van der Waals surface area contributed by atoms with Crippen molar-refractivity contribution in [3.63, 3.8) is 0 Å². The highest BCUT2D eigenvalue weighted by Crippen LogP contribution is 2.21. The quantitative estimate of drug-likeness (QED) is 0.477. The summed E-state index contributed by atoms with van der Waals surface area (Å²) in [5.41, 5.74) is -0.504. The van der Waals surface area contributed by atoms with Crippen LogP contribution in [-0.4, -0.2) is 40.3 Å². The van der Waals surface area contributed by atoms with Crippen molar-refractivity contribution in [3.8, 4) is 0 Å². The lowest BCUT2D eigenvalue weighted by Gasteiger charge is -2.38. The van der Waals surface area contributed by atoms with Crippen molar-refractivity contribution in [1.82, 2.24) is 9.80 Å². The van der Waals surface area contributed by atoms with Crippen LogP contribution in [0.15, 0.2) is 0 Å². The SMILES string of the molecule is CC(C)N1C(=O)N(C)C(=O)CC1Cl. The maximum absolute atomic E-state index is 11.5. The number of imide groups is 1. The molecule has 0 aliphatic carbocycles. The maximum atomic E-state index is 11.5. The molecule has 1 saturated heterocycles. The molecular weight excluding hydrogens is 192 g/mol. The van der Waals surface area contributed by atoms with Crippen molar-refractivity contribution in [2.45, 2.75) is 31.8 Å². The van der Waals surface area contributed by atoms with Crippen LogP contribution in [0.1, 0.15) is 20.3 Å². The van der Waals surface area contributed by atoms with Gasteiger partial charge in [0.15, 0.2) is 0 Å². The van der Waals surface area contributed by atoms with E-state index in [-0.39, 0.29) is 24.4 Å². The molecule has 5 heteroatoms. The fourth-order valence-corrected chi connectivity index (χ4v) is 1.76. The minimum Gasteiger partial charge on any atom is -0.305 e. The van der Waals surface area contributed by atoms with Crippen LogP contribution in [0.25, 0.3) is 0 Å². The molecule has 0 aromatic rings. The molecule has 1 fully saturated rings. The van der Waals surface area contributed by atoms with Crippen molar-refractivity contribution < 1.29 is 9.59 Å². The van der Waals surface area contributed by atoms with Crippen LogP contribution in [0.5, 0.6) is 0 Å². The maximum Gasteiger partial charge on any atom is 0.327 e. The second kappa shape index (κ2) is 3.54. The Morgan fingerprint density at radius 1 is 1.46 bits per heavy atom. The van der Waals surface area contributed by atoms with Crippen LogP contribution in [-0.2, 0) is 4.79 Å². The average Bonchev–Trinajstić information content (AvgIpc) is 1.99. The van der Waals surface area contributed by atoms with E-state index in [1.807, 2.05) is 13.8 Å². The number of hydrogen-bond donors (Lipinski definition) is 0. The first-order chi connectivity index (χ1) is 5.95. The van der Waals surface area contributed by atoms with Gasteiger partial charge in [-0.3, -0.25) is 9.69 Å². The summed E-state index contributed by atoms with van der Waals surface area (Å²) in [6.07, 6.45) is 0.196. The van der Waals surface area contributed by atoms with Crippen LogP contribution in [0, 0.1) is 0 Å². The highest BCUT2D eigenvalue weighted by atomic mass is 35.5. The molecule has 0 aromatic heterocycles. The first kappa shape index (κ1) is 10.3. The normalized spacial score (nSPS) is 24.5. The Balaban J connectivity index is 2.86. The molecule has 4 nitrogen and oxygen atoms in total. The summed E-state index contributed by atoms with van der Waals surface area (Å²) in [7, 11) is 1.48.